The van der Waals surface area contributed by atoms with Crippen LogP contribution in [0.25, 0.3) is 0 Å². The number of nitrogens with zero attached hydrogens (tertiary/aromatic N) is 2. The number of rotatable bonds is 6. The first-order valence-corrected chi connectivity index (χ1v) is 9.02. The highest BCUT2D eigenvalue weighted by atomic mass is 35.5. The third-order valence-corrected chi connectivity index (χ3v) is 5.63. The number of nitrogens with two attached hydrogens (primary N) is 1. The van der Waals surface area contributed by atoms with Crippen LogP contribution in [0.5, 0.6) is 0 Å². The van der Waals surface area contributed by atoms with Gasteiger partial charge in [0.15, 0.2) is 0 Å². The van der Waals surface area contributed by atoms with Gasteiger partial charge in [-0.15, -0.1) is 11.6 Å². The number of hydrogen-bond acceptors (Lipinski definition) is 7. The van der Waals surface area contributed by atoms with E-state index in [1.54, 1.807) is 6.08 Å². The van der Waals surface area contributed by atoms with Crippen molar-refractivity contribution in [1.82, 2.24) is 9.55 Å². The Morgan fingerprint density at radius 1 is 1.61 bits per heavy atom. The normalized spacial score (nSPS) is 25.3. The van der Waals surface area contributed by atoms with Crippen molar-refractivity contribution in [3.05, 3.63) is 34.6 Å². The molecule has 2 rings (SSSR count). The topological polar surface area (TPSA) is 106 Å². The number of ether oxygens (including phenoxy) is 1. The number of aromatic nitrogens is 2. The molecule has 0 bridgehead atoms. The Balaban J connectivity index is 2.22. The molecule has 128 valence electrons. The number of halogens is 1. The van der Waals surface area contributed by atoms with E-state index in [9.17, 15) is 9.36 Å². The molecule has 0 saturated carbocycles. The smallest absolute Gasteiger partial charge is 0.353 e. The fourth-order valence-corrected chi connectivity index (χ4v) is 3.42. The average Bonchev–Trinajstić information content (AvgIpc) is 2.97. The second-order valence-corrected chi connectivity index (χ2v) is 7.45. The standard InChI is InChI=1S/C13H19ClN3O5P/c1-20-23(19,21-2)8-6-13(9-14)5-3-11(22-13)17-7-4-10(15)16-12(17)18/h4,6-8,11H,3,5,9H2,1-2H3,(H2,15,16,18)/b8-6+/t11-,13+/m1/s1. The lowest BCUT2D eigenvalue weighted by atomic mass is 10.0. The van der Waals surface area contributed by atoms with Gasteiger partial charge in [0.1, 0.15) is 17.6 Å². The first kappa shape index (κ1) is 18.2. The Labute approximate surface area is 138 Å². The molecule has 2 heterocycles. The third kappa shape index (κ3) is 4.02. The maximum atomic E-state index is 12.1. The lowest BCUT2D eigenvalue weighted by molar-refractivity contribution is -0.0328. The van der Waals surface area contributed by atoms with E-state index in [4.69, 9.17) is 31.1 Å². The maximum absolute atomic E-state index is 12.1. The zero-order valence-corrected chi connectivity index (χ0v) is 14.5. The first-order chi connectivity index (χ1) is 10.9. The summed E-state index contributed by atoms with van der Waals surface area (Å²) >= 11 is 6.03. The Hall–Kier alpha value is -1.18. The highest BCUT2D eigenvalue weighted by Gasteiger charge is 2.39. The Kier molecular flexibility index (Phi) is 5.65. The zero-order valence-electron chi connectivity index (χ0n) is 12.8. The monoisotopic (exact) mass is 363 g/mol. The average molecular weight is 364 g/mol. The van der Waals surface area contributed by atoms with Crippen LogP contribution < -0.4 is 11.4 Å². The summed E-state index contributed by atoms with van der Waals surface area (Å²) in [5, 5.41) is 0. The van der Waals surface area contributed by atoms with Crippen molar-refractivity contribution in [1.29, 1.82) is 0 Å². The summed E-state index contributed by atoms with van der Waals surface area (Å²) in [5.74, 6) is 1.60. The van der Waals surface area contributed by atoms with E-state index >= 15 is 0 Å². The molecule has 0 aliphatic carbocycles. The Bertz CT molecular complexity index is 686. The zero-order chi connectivity index (χ0) is 17.1. The van der Waals surface area contributed by atoms with Gasteiger partial charge < -0.3 is 19.5 Å². The van der Waals surface area contributed by atoms with E-state index in [2.05, 4.69) is 4.98 Å². The molecule has 0 spiro atoms. The fraction of sp³-hybridized carbons (Fsp3) is 0.538. The van der Waals surface area contributed by atoms with Gasteiger partial charge in [0.2, 0.25) is 0 Å². The lowest BCUT2D eigenvalue weighted by Crippen LogP contribution is -2.32. The molecule has 1 aliphatic heterocycles. The van der Waals surface area contributed by atoms with E-state index in [-0.39, 0.29) is 11.7 Å². The maximum Gasteiger partial charge on any atom is 0.353 e. The highest BCUT2D eigenvalue weighted by Crippen LogP contribution is 2.49. The molecule has 1 aliphatic rings. The van der Waals surface area contributed by atoms with Gasteiger partial charge in [-0.3, -0.25) is 9.13 Å². The van der Waals surface area contributed by atoms with Gasteiger partial charge >= 0.3 is 13.3 Å². The molecule has 0 radical (unpaired) electrons. The molecule has 1 aromatic rings. The van der Waals surface area contributed by atoms with E-state index in [1.807, 2.05) is 0 Å². The Morgan fingerprint density at radius 3 is 2.87 bits per heavy atom. The van der Waals surface area contributed by atoms with Crippen molar-refractivity contribution < 1.29 is 18.3 Å². The van der Waals surface area contributed by atoms with Crippen molar-refractivity contribution in [3.8, 4) is 0 Å². The molecule has 2 atom stereocenters. The molecule has 1 fully saturated rings. The van der Waals surface area contributed by atoms with Gasteiger partial charge in [-0.25, -0.2) is 4.79 Å². The molecule has 2 N–H and O–H groups in total. The van der Waals surface area contributed by atoms with Crippen LogP contribution in [-0.2, 0) is 18.3 Å². The first-order valence-electron chi connectivity index (χ1n) is 6.87. The second-order valence-electron chi connectivity index (χ2n) is 5.07. The Morgan fingerprint density at radius 2 is 2.30 bits per heavy atom. The van der Waals surface area contributed by atoms with Crippen molar-refractivity contribution in [2.24, 2.45) is 0 Å². The van der Waals surface area contributed by atoms with Crippen LogP contribution in [0, 0.1) is 0 Å². The fourth-order valence-electron chi connectivity index (χ4n) is 2.29. The highest BCUT2D eigenvalue weighted by molar-refractivity contribution is 7.57. The van der Waals surface area contributed by atoms with Gasteiger partial charge in [-0.1, -0.05) is 0 Å². The predicted molar refractivity (Wildman–Crippen MR) is 86.5 cm³/mol. The molecule has 0 amide bonds. The number of anilines is 1. The molecular weight excluding hydrogens is 345 g/mol. The van der Waals surface area contributed by atoms with Crippen LogP contribution >= 0.6 is 19.2 Å². The molecule has 0 aromatic carbocycles. The van der Waals surface area contributed by atoms with Crippen molar-refractivity contribution in [3.63, 3.8) is 0 Å². The molecular formula is C13H19ClN3O5P. The number of nitrogen functional groups attached to an aromatic ring is 1. The van der Waals surface area contributed by atoms with Gasteiger partial charge in [0.25, 0.3) is 0 Å². The van der Waals surface area contributed by atoms with E-state index in [0.717, 1.165) is 0 Å². The SMILES string of the molecule is COP(=O)(/C=C/[C@]1(CCl)CC[C@H](n2ccc(N)nc2=O)O1)OC. The minimum atomic E-state index is -3.31. The summed E-state index contributed by atoms with van der Waals surface area (Å²) in [6.07, 6.45) is 3.67. The predicted octanol–water partition coefficient (Wildman–Crippen LogP) is 2.11. The van der Waals surface area contributed by atoms with Crippen LogP contribution in [0.2, 0.25) is 0 Å². The summed E-state index contributed by atoms with van der Waals surface area (Å²) in [4.78, 5) is 15.6. The van der Waals surface area contributed by atoms with Gasteiger partial charge in [-0.05, 0) is 25.0 Å². The quantitative estimate of drug-likeness (QED) is 0.609. The molecule has 0 unspecified atom stereocenters. The minimum Gasteiger partial charge on any atom is -0.383 e. The third-order valence-electron chi connectivity index (χ3n) is 3.64. The van der Waals surface area contributed by atoms with Crippen LogP contribution in [-0.4, -0.2) is 35.3 Å². The summed E-state index contributed by atoms with van der Waals surface area (Å²) in [5.41, 5.74) is 4.12. The van der Waals surface area contributed by atoms with Crippen molar-refractivity contribution in [2.45, 2.75) is 24.7 Å². The largest absolute Gasteiger partial charge is 0.383 e. The van der Waals surface area contributed by atoms with Crippen LogP contribution in [0.15, 0.2) is 29.0 Å². The van der Waals surface area contributed by atoms with Crippen molar-refractivity contribution >= 4 is 25.0 Å². The summed E-state index contributed by atoms with van der Waals surface area (Å²) < 4.78 is 29.1. The van der Waals surface area contributed by atoms with E-state index in [1.165, 1.54) is 36.9 Å². The lowest BCUT2D eigenvalue weighted by Gasteiger charge is -2.24. The van der Waals surface area contributed by atoms with E-state index in [0.29, 0.717) is 12.8 Å². The summed E-state index contributed by atoms with van der Waals surface area (Å²) in [7, 11) is -0.731. The summed E-state index contributed by atoms with van der Waals surface area (Å²) in [6.45, 7) is 0. The number of hydrogen-bond donors (Lipinski definition) is 1. The van der Waals surface area contributed by atoms with Crippen LogP contribution in [0.3, 0.4) is 0 Å². The molecule has 8 nitrogen and oxygen atoms in total. The number of alkyl halides is 1. The minimum absolute atomic E-state index is 0.130. The molecule has 10 heteroatoms. The van der Waals surface area contributed by atoms with Gasteiger partial charge in [0.05, 0.1) is 5.88 Å². The van der Waals surface area contributed by atoms with Crippen LogP contribution in [0.1, 0.15) is 19.1 Å². The summed E-state index contributed by atoms with van der Waals surface area (Å²) in [6, 6.07) is 1.52. The molecule has 1 aromatic heterocycles. The van der Waals surface area contributed by atoms with Crippen LogP contribution in [0.4, 0.5) is 5.82 Å². The second kappa shape index (κ2) is 7.15. The molecule has 1 saturated heterocycles. The van der Waals surface area contributed by atoms with E-state index < -0.39 is 25.1 Å². The van der Waals surface area contributed by atoms with Gasteiger partial charge in [0, 0.05) is 26.2 Å². The van der Waals surface area contributed by atoms with Crippen molar-refractivity contribution in [2.75, 3.05) is 25.8 Å². The van der Waals surface area contributed by atoms with Gasteiger partial charge in [-0.2, -0.15) is 4.98 Å². The molecule has 23 heavy (non-hydrogen) atoms.